The summed E-state index contributed by atoms with van der Waals surface area (Å²) in [4.78, 5) is 0. The first-order chi connectivity index (χ1) is 0. The van der Waals surface area contributed by atoms with Gasteiger partial charge in [-0.15, -0.1) is 0 Å². The van der Waals surface area contributed by atoms with Crippen molar-refractivity contribution in [3.05, 3.63) is 0 Å². The van der Waals surface area contributed by atoms with Crippen LogP contribution in [-0.4, -0.2) is 16.4 Å². The molecule has 33 valence electrons. The molecular weight excluding hydrogens is 107 g/mol. The molecule has 3 nitrogen and oxygen atoms in total. The predicted molar refractivity (Wildman–Crippen MR) is 10.8 cm³/mol. The quantitative estimate of drug-likeness (QED) is 0.332. The second-order valence-corrected chi connectivity index (χ2v) is 0. The van der Waals surface area contributed by atoms with E-state index < -0.39 is 0 Å². The standard InChI is InChI=1S/Co.3H2O/h;3*1H2. The molecule has 4 heavy (non-hydrogen) atoms. The van der Waals surface area contributed by atoms with Crippen LogP contribution in [0.2, 0.25) is 0 Å². The van der Waals surface area contributed by atoms with Gasteiger partial charge in [-0.1, -0.05) is 0 Å². The summed E-state index contributed by atoms with van der Waals surface area (Å²) >= 11 is 0. The second-order valence-electron chi connectivity index (χ2n) is 0. The molecule has 0 aliphatic heterocycles. The van der Waals surface area contributed by atoms with Crippen LogP contribution < -0.4 is 0 Å². The third-order valence-corrected chi connectivity index (χ3v) is 0. The predicted octanol–water partition coefficient (Wildman–Crippen LogP) is -2.48. The van der Waals surface area contributed by atoms with Crippen molar-refractivity contribution in [3.8, 4) is 0 Å². The largest absolute Gasteiger partial charge is 0.412 e. The van der Waals surface area contributed by atoms with Crippen LogP contribution >= 0.6 is 0 Å². The molecule has 0 spiro atoms. The van der Waals surface area contributed by atoms with Gasteiger partial charge in [-0.05, 0) is 0 Å². The van der Waals surface area contributed by atoms with Gasteiger partial charge in [0.25, 0.3) is 0 Å². The summed E-state index contributed by atoms with van der Waals surface area (Å²) in [5.41, 5.74) is 0. The maximum atomic E-state index is 0. The molecule has 1 radical (unpaired) electrons. The Balaban J connectivity index is 0. The van der Waals surface area contributed by atoms with Gasteiger partial charge in [-0.2, -0.15) is 0 Å². The number of rotatable bonds is 0. The van der Waals surface area contributed by atoms with E-state index in [9.17, 15) is 0 Å². The van der Waals surface area contributed by atoms with Gasteiger partial charge >= 0.3 is 0 Å². The maximum Gasteiger partial charge on any atom is 0 e. The van der Waals surface area contributed by atoms with Crippen LogP contribution in [0.3, 0.4) is 0 Å². The zero-order chi connectivity index (χ0) is 0. The van der Waals surface area contributed by atoms with Gasteiger partial charge in [0.05, 0.1) is 0 Å². The van der Waals surface area contributed by atoms with E-state index in [0.717, 1.165) is 0 Å². The van der Waals surface area contributed by atoms with E-state index >= 15 is 0 Å². The first kappa shape index (κ1) is 337. The van der Waals surface area contributed by atoms with Crippen LogP contribution in [0.15, 0.2) is 0 Å². The van der Waals surface area contributed by atoms with Crippen LogP contribution in [0.5, 0.6) is 0 Å². The molecule has 0 aliphatic carbocycles. The van der Waals surface area contributed by atoms with Gasteiger partial charge in [0, 0.05) is 16.8 Å². The minimum atomic E-state index is 0. The van der Waals surface area contributed by atoms with Crippen LogP contribution in [0.25, 0.3) is 0 Å². The minimum absolute atomic E-state index is 0. The van der Waals surface area contributed by atoms with Gasteiger partial charge in [-0.25, -0.2) is 0 Å². The molecule has 0 rings (SSSR count). The van der Waals surface area contributed by atoms with Crippen molar-refractivity contribution < 1.29 is 33.2 Å². The Morgan fingerprint density at radius 2 is 0.500 bits per heavy atom. The molecule has 4 heteroatoms. The van der Waals surface area contributed by atoms with Crippen LogP contribution in [-0.2, 0) is 16.8 Å². The summed E-state index contributed by atoms with van der Waals surface area (Å²) in [7, 11) is 0. The van der Waals surface area contributed by atoms with E-state index in [2.05, 4.69) is 0 Å². The van der Waals surface area contributed by atoms with Crippen molar-refractivity contribution >= 4 is 0 Å². The molecule has 0 amide bonds. The fourth-order valence-corrected chi connectivity index (χ4v) is 0. The Morgan fingerprint density at radius 1 is 0.500 bits per heavy atom. The molecule has 0 unspecified atom stereocenters. The van der Waals surface area contributed by atoms with E-state index in [4.69, 9.17) is 0 Å². The van der Waals surface area contributed by atoms with Crippen molar-refractivity contribution in [2.45, 2.75) is 0 Å². The van der Waals surface area contributed by atoms with E-state index in [0.29, 0.717) is 0 Å². The zero-order valence-corrected chi connectivity index (χ0v) is 2.87. The number of hydrogen-bond acceptors (Lipinski definition) is 0. The summed E-state index contributed by atoms with van der Waals surface area (Å²) in [6.07, 6.45) is 0. The van der Waals surface area contributed by atoms with Gasteiger partial charge < -0.3 is 16.4 Å². The Morgan fingerprint density at radius 3 is 0.500 bits per heavy atom. The second kappa shape index (κ2) is 129. The van der Waals surface area contributed by atoms with Crippen LogP contribution in [0.1, 0.15) is 0 Å². The van der Waals surface area contributed by atoms with Crippen molar-refractivity contribution in [1.82, 2.24) is 0 Å². The molecule has 0 aromatic rings. The monoisotopic (exact) mass is 113 g/mol. The minimum Gasteiger partial charge on any atom is -0.412 e. The van der Waals surface area contributed by atoms with Crippen molar-refractivity contribution in [3.63, 3.8) is 0 Å². The first-order valence-electron chi connectivity index (χ1n) is 0. The fourth-order valence-electron chi connectivity index (χ4n) is 0. The summed E-state index contributed by atoms with van der Waals surface area (Å²) in [6.45, 7) is 0. The zero-order valence-electron chi connectivity index (χ0n) is 1.83. The normalized spacial score (nSPS) is 0. The van der Waals surface area contributed by atoms with Crippen LogP contribution in [0, 0.1) is 0 Å². The molecule has 0 saturated heterocycles. The topological polar surface area (TPSA) is 94.5 Å². The molecule has 6 N–H and O–H groups in total. The van der Waals surface area contributed by atoms with E-state index in [1.807, 2.05) is 0 Å². The third kappa shape index (κ3) is 30.7. The molecule has 0 heterocycles. The molecule has 0 aromatic carbocycles. The summed E-state index contributed by atoms with van der Waals surface area (Å²) in [5, 5.41) is 0. The SMILES string of the molecule is O.O.O.[Co]. The Labute approximate surface area is 34.1 Å². The van der Waals surface area contributed by atoms with Gasteiger partial charge in [0.1, 0.15) is 0 Å². The maximum absolute atomic E-state index is 0. The van der Waals surface area contributed by atoms with Crippen molar-refractivity contribution in [2.24, 2.45) is 0 Å². The smallest absolute Gasteiger partial charge is 0 e. The van der Waals surface area contributed by atoms with E-state index in [1.54, 1.807) is 0 Å². The Kier molecular flexibility index (Phi) is 10900. The molecular formula is H6CoO3. The number of hydrogen-bond donors (Lipinski definition) is 0. The third-order valence-electron chi connectivity index (χ3n) is 0. The van der Waals surface area contributed by atoms with Crippen molar-refractivity contribution in [2.75, 3.05) is 0 Å². The molecule has 0 fully saturated rings. The molecule has 0 bridgehead atoms. The summed E-state index contributed by atoms with van der Waals surface area (Å²) in [6, 6.07) is 0. The van der Waals surface area contributed by atoms with Crippen LogP contribution in [0.4, 0.5) is 0 Å². The first-order valence-corrected chi connectivity index (χ1v) is 0. The molecule has 0 atom stereocenters. The summed E-state index contributed by atoms with van der Waals surface area (Å²) in [5.74, 6) is 0. The average Bonchev–Trinajstić information content (AvgIpc) is 0. The molecule has 0 saturated carbocycles. The fraction of sp³-hybridized carbons (Fsp3) is 0. The van der Waals surface area contributed by atoms with Gasteiger partial charge in [0.2, 0.25) is 0 Å². The Hall–Kier alpha value is 0.386. The molecule has 0 aromatic heterocycles. The average molecular weight is 113 g/mol. The van der Waals surface area contributed by atoms with Gasteiger partial charge in [0.15, 0.2) is 0 Å². The van der Waals surface area contributed by atoms with E-state index in [1.165, 1.54) is 0 Å². The van der Waals surface area contributed by atoms with E-state index in [-0.39, 0.29) is 33.2 Å². The Bertz CT molecular complexity index is 3.25. The van der Waals surface area contributed by atoms with Gasteiger partial charge in [-0.3, -0.25) is 0 Å². The summed E-state index contributed by atoms with van der Waals surface area (Å²) < 4.78 is 0. The van der Waals surface area contributed by atoms with Crippen molar-refractivity contribution in [1.29, 1.82) is 0 Å². The molecule has 0 aliphatic rings.